The summed E-state index contributed by atoms with van der Waals surface area (Å²) in [6.07, 6.45) is 2.25. The first-order valence-corrected chi connectivity index (χ1v) is 9.08. The minimum atomic E-state index is 0. The SMILES string of the molecule is CCOc1cc2c(cc1CNC(=NC)NCCCN(C)C)OC(C)C2.I. The third kappa shape index (κ3) is 6.83. The number of ether oxygens (including phenoxy) is 2. The molecule has 0 spiro atoms. The van der Waals surface area contributed by atoms with Gasteiger partial charge in [0.25, 0.3) is 0 Å². The van der Waals surface area contributed by atoms with Gasteiger partial charge < -0.3 is 25.0 Å². The van der Waals surface area contributed by atoms with Crippen molar-refractivity contribution in [2.45, 2.75) is 39.3 Å². The van der Waals surface area contributed by atoms with Crippen LogP contribution in [0.5, 0.6) is 11.5 Å². The van der Waals surface area contributed by atoms with E-state index in [1.165, 1.54) is 5.56 Å². The lowest BCUT2D eigenvalue weighted by Gasteiger charge is -2.16. The molecule has 1 aromatic carbocycles. The molecule has 0 aliphatic carbocycles. The van der Waals surface area contributed by atoms with Crippen LogP contribution < -0.4 is 20.1 Å². The van der Waals surface area contributed by atoms with Gasteiger partial charge >= 0.3 is 0 Å². The van der Waals surface area contributed by atoms with Crippen LogP contribution in [-0.4, -0.2) is 57.8 Å². The summed E-state index contributed by atoms with van der Waals surface area (Å²) >= 11 is 0. The zero-order valence-corrected chi connectivity index (χ0v) is 18.9. The van der Waals surface area contributed by atoms with E-state index in [1.54, 1.807) is 7.05 Å². The average molecular weight is 476 g/mol. The van der Waals surface area contributed by atoms with E-state index in [0.29, 0.717) is 13.2 Å². The summed E-state index contributed by atoms with van der Waals surface area (Å²) in [7, 11) is 5.95. The molecule has 1 aromatic rings. The van der Waals surface area contributed by atoms with Gasteiger partial charge in [0.05, 0.1) is 6.61 Å². The molecule has 0 bridgehead atoms. The second-order valence-electron chi connectivity index (χ2n) is 6.64. The van der Waals surface area contributed by atoms with Gasteiger partial charge in [-0.15, -0.1) is 24.0 Å². The summed E-state index contributed by atoms with van der Waals surface area (Å²) < 4.78 is 11.7. The van der Waals surface area contributed by atoms with Crippen LogP contribution in [0.2, 0.25) is 0 Å². The summed E-state index contributed by atoms with van der Waals surface area (Å²) in [6.45, 7) is 7.35. The second-order valence-corrected chi connectivity index (χ2v) is 6.64. The molecule has 7 heteroatoms. The van der Waals surface area contributed by atoms with Crippen LogP contribution in [0.4, 0.5) is 0 Å². The monoisotopic (exact) mass is 476 g/mol. The number of guanidine groups is 1. The number of aliphatic imine (C=N–C) groups is 1. The summed E-state index contributed by atoms with van der Waals surface area (Å²) in [5.41, 5.74) is 2.32. The molecule has 0 saturated carbocycles. The minimum absolute atomic E-state index is 0. The predicted octanol–water partition coefficient (Wildman–Crippen LogP) is 2.64. The first-order chi connectivity index (χ1) is 12.0. The molecule has 26 heavy (non-hydrogen) atoms. The van der Waals surface area contributed by atoms with Gasteiger partial charge in [0, 0.05) is 37.7 Å². The van der Waals surface area contributed by atoms with E-state index in [4.69, 9.17) is 9.47 Å². The number of hydrogen-bond donors (Lipinski definition) is 2. The van der Waals surface area contributed by atoms with Crippen molar-refractivity contribution in [3.05, 3.63) is 23.3 Å². The van der Waals surface area contributed by atoms with Crippen molar-refractivity contribution in [3.8, 4) is 11.5 Å². The minimum Gasteiger partial charge on any atom is -0.494 e. The molecule has 148 valence electrons. The van der Waals surface area contributed by atoms with Crippen LogP contribution in [0.25, 0.3) is 0 Å². The summed E-state index contributed by atoms with van der Waals surface area (Å²) in [4.78, 5) is 6.47. The largest absolute Gasteiger partial charge is 0.494 e. The zero-order chi connectivity index (χ0) is 18.2. The standard InChI is InChI=1S/C19H32N4O2.HI/c1-6-24-17-11-15-10-14(2)25-18(15)12-16(17)13-22-19(20-3)21-8-7-9-23(4)5;/h11-12,14H,6-10,13H2,1-5H3,(H2,20,21,22);1H. The maximum Gasteiger partial charge on any atom is 0.191 e. The molecular weight excluding hydrogens is 443 g/mol. The summed E-state index contributed by atoms with van der Waals surface area (Å²) in [5.74, 6) is 2.70. The van der Waals surface area contributed by atoms with Crippen LogP contribution >= 0.6 is 24.0 Å². The Kier molecular flexibility index (Phi) is 10.1. The number of nitrogens with zero attached hydrogens (tertiary/aromatic N) is 2. The van der Waals surface area contributed by atoms with Gasteiger partial charge in [-0.25, -0.2) is 0 Å². The Morgan fingerprint density at radius 2 is 2.12 bits per heavy atom. The molecule has 0 amide bonds. The molecule has 1 heterocycles. The van der Waals surface area contributed by atoms with E-state index in [-0.39, 0.29) is 30.1 Å². The van der Waals surface area contributed by atoms with E-state index >= 15 is 0 Å². The van der Waals surface area contributed by atoms with Crippen LogP contribution in [0.15, 0.2) is 17.1 Å². The predicted molar refractivity (Wildman–Crippen MR) is 118 cm³/mol. The highest BCUT2D eigenvalue weighted by Gasteiger charge is 2.21. The molecule has 0 aromatic heterocycles. The topological polar surface area (TPSA) is 58.1 Å². The van der Waals surface area contributed by atoms with Crippen LogP contribution in [-0.2, 0) is 13.0 Å². The number of nitrogens with one attached hydrogen (secondary N) is 2. The van der Waals surface area contributed by atoms with E-state index in [9.17, 15) is 0 Å². The smallest absolute Gasteiger partial charge is 0.191 e. The lowest BCUT2D eigenvalue weighted by molar-refractivity contribution is 0.254. The molecule has 0 saturated heterocycles. The zero-order valence-electron chi connectivity index (χ0n) is 16.6. The van der Waals surface area contributed by atoms with E-state index in [2.05, 4.69) is 53.7 Å². The van der Waals surface area contributed by atoms with Crippen LogP contribution in [0, 0.1) is 0 Å². The van der Waals surface area contributed by atoms with Crippen molar-refractivity contribution in [3.63, 3.8) is 0 Å². The Morgan fingerprint density at radius 1 is 1.35 bits per heavy atom. The highest BCUT2D eigenvalue weighted by Crippen LogP contribution is 2.35. The average Bonchev–Trinajstić information content (AvgIpc) is 2.93. The van der Waals surface area contributed by atoms with Gasteiger partial charge in [0.15, 0.2) is 5.96 Å². The molecule has 0 fully saturated rings. The highest BCUT2D eigenvalue weighted by molar-refractivity contribution is 14.0. The van der Waals surface area contributed by atoms with E-state index in [1.807, 2.05) is 6.92 Å². The first kappa shape index (κ1) is 22.8. The third-order valence-electron chi connectivity index (χ3n) is 4.12. The quantitative estimate of drug-likeness (QED) is 0.262. The van der Waals surface area contributed by atoms with Crippen molar-refractivity contribution in [1.82, 2.24) is 15.5 Å². The van der Waals surface area contributed by atoms with Gasteiger partial charge in [-0.2, -0.15) is 0 Å². The fraction of sp³-hybridized carbons (Fsp3) is 0.632. The first-order valence-electron chi connectivity index (χ1n) is 9.08. The molecule has 1 unspecified atom stereocenters. The molecule has 1 aliphatic rings. The highest BCUT2D eigenvalue weighted by atomic mass is 127. The molecular formula is C19H33IN4O2. The molecule has 2 N–H and O–H groups in total. The van der Waals surface area contributed by atoms with E-state index in [0.717, 1.165) is 49.0 Å². The van der Waals surface area contributed by atoms with Crippen molar-refractivity contribution in [2.24, 2.45) is 4.99 Å². The maximum atomic E-state index is 5.88. The van der Waals surface area contributed by atoms with Crippen molar-refractivity contribution in [2.75, 3.05) is 40.8 Å². The fourth-order valence-electron chi connectivity index (χ4n) is 2.91. The van der Waals surface area contributed by atoms with Crippen molar-refractivity contribution >= 4 is 29.9 Å². The Labute approximate surface area is 174 Å². The Bertz CT molecular complexity index is 593. The number of halogens is 1. The van der Waals surface area contributed by atoms with Crippen molar-refractivity contribution in [1.29, 1.82) is 0 Å². The summed E-state index contributed by atoms with van der Waals surface area (Å²) in [5, 5.41) is 6.71. The van der Waals surface area contributed by atoms with Gasteiger partial charge in [-0.05, 0) is 53.0 Å². The summed E-state index contributed by atoms with van der Waals surface area (Å²) in [6, 6.07) is 4.21. The lowest BCUT2D eigenvalue weighted by atomic mass is 10.1. The second kappa shape index (κ2) is 11.5. The Morgan fingerprint density at radius 3 is 2.77 bits per heavy atom. The number of hydrogen-bond acceptors (Lipinski definition) is 4. The number of rotatable bonds is 8. The normalized spacial score (nSPS) is 15.9. The van der Waals surface area contributed by atoms with Gasteiger partial charge in [0.1, 0.15) is 17.6 Å². The van der Waals surface area contributed by atoms with Crippen LogP contribution in [0.3, 0.4) is 0 Å². The van der Waals surface area contributed by atoms with E-state index < -0.39 is 0 Å². The van der Waals surface area contributed by atoms with Gasteiger partial charge in [0.2, 0.25) is 0 Å². The maximum absolute atomic E-state index is 5.88. The van der Waals surface area contributed by atoms with Crippen molar-refractivity contribution < 1.29 is 9.47 Å². The van der Waals surface area contributed by atoms with Gasteiger partial charge in [-0.3, -0.25) is 4.99 Å². The molecule has 2 rings (SSSR count). The molecule has 1 aliphatic heterocycles. The fourth-order valence-corrected chi connectivity index (χ4v) is 2.91. The third-order valence-corrected chi connectivity index (χ3v) is 4.12. The number of benzene rings is 1. The molecule has 6 nitrogen and oxygen atoms in total. The van der Waals surface area contributed by atoms with Gasteiger partial charge in [-0.1, -0.05) is 0 Å². The number of fused-ring (bicyclic) bond motifs is 1. The Hall–Kier alpha value is -1.22. The van der Waals surface area contributed by atoms with Crippen LogP contribution in [0.1, 0.15) is 31.4 Å². The lowest BCUT2D eigenvalue weighted by Crippen LogP contribution is -2.38. The Balaban J connectivity index is 0.00000338. The molecule has 1 atom stereocenters. The molecule has 0 radical (unpaired) electrons.